The molecule has 0 saturated carbocycles. The van der Waals surface area contributed by atoms with Crippen LogP contribution >= 0.6 is 0 Å². The van der Waals surface area contributed by atoms with Gasteiger partial charge in [0, 0.05) is 6.61 Å². The first-order valence-corrected chi connectivity index (χ1v) is 8.14. The van der Waals surface area contributed by atoms with Crippen molar-refractivity contribution in [1.82, 2.24) is 5.32 Å². The van der Waals surface area contributed by atoms with Crippen LogP contribution in [0.3, 0.4) is 0 Å². The van der Waals surface area contributed by atoms with Gasteiger partial charge in [-0.2, -0.15) is 8.42 Å². The van der Waals surface area contributed by atoms with E-state index in [-0.39, 0.29) is 13.2 Å². The van der Waals surface area contributed by atoms with Gasteiger partial charge in [-0.15, -0.1) is 0 Å². The van der Waals surface area contributed by atoms with Gasteiger partial charge in [0.05, 0.1) is 19.8 Å². The highest BCUT2D eigenvalue weighted by Gasteiger charge is 2.26. The normalized spacial score (nSPS) is 12.6. The number of hydrogen-bond acceptors (Lipinski definition) is 7. The molecule has 0 bridgehead atoms. The van der Waals surface area contributed by atoms with Crippen LogP contribution in [0.4, 0.5) is 4.79 Å². The maximum atomic E-state index is 11.3. The van der Waals surface area contributed by atoms with Gasteiger partial charge >= 0.3 is 12.1 Å². The van der Waals surface area contributed by atoms with Crippen LogP contribution in [-0.2, 0) is 29.1 Å². The molecule has 0 aliphatic rings. The van der Waals surface area contributed by atoms with Crippen molar-refractivity contribution in [3.05, 3.63) is 0 Å². The summed E-state index contributed by atoms with van der Waals surface area (Å²) in [6.07, 6.45) is -0.223. The van der Waals surface area contributed by atoms with Crippen LogP contribution in [0, 0.1) is 0 Å². The Bertz CT molecular complexity index is 437. The van der Waals surface area contributed by atoms with E-state index >= 15 is 0 Å². The van der Waals surface area contributed by atoms with E-state index in [2.05, 4.69) is 4.74 Å². The minimum Gasteiger partial charge on any atom is -0.480 e. The molecular formula is C11H21NO9S. The molecule has 0 unspecified atom stereocenters. The van der Waals surface area contributed by atoms with Crippen molar-refractivity contribution in [2.75, 3.05) is 38.8 Å². The average molecular weight is 343 g/mol. The SMILES string of the molecule is CCCOCCOCCOC(=O)N[C@@H](CS(=O)(=O)O)C(=O)O. The summed E-state index contributed by atoms with van der Waals surface area (Å²) in [5, 5.41) is 10.5. The number of carboxylic acid groups (broad SMARTS) is 1. The summed E-state index contributed by atoms with van der Waals surface area (Å²) < 4.78 is 44.6. The predicted molar refractivity (Wildman–Crippen MR) is 74.3 cm³/mol. The molecule has 0 aromatic rings. The van der Waals surface area contributed by atoms with Crippen molar-refractivity contribution in [1.29, 1.82) is 0 Å². The monoisotopic (exact) mass is 343 g/mol. The van der Waals surface area contributed by atoms with E-state index in [1.807, 2.05) is 12.2 Å². The van der Waals surface area contributed by atoms with Crippen LogP contribution < -0.4 is 5.32 Å². The number of carboxylic acids is 1. The van der Waals surface area contributed by atoms with Crippen molar-refractivity contribution >= 4 is 22.2 Å². The van der Waals surface area contributed by atoms with E-state index in [0.717, 1.165) is 6.42 Å². The van der Waals surface area contributed by atoms with Crippen LogP contribution in [0.2, 0.25) is 0 Å². The summed E-state index contributed by atoms with van der Waals surface area (Å²) in [5.41, 5.74) is 0. The third-order valence-corrected chi connectivity index (χ3v) is 2.90. The van der Waals surface area contributed by atoms with Gasteiger partial charge in [-0.3, -0.25) is 4.55 Å². The maximum absolute atomic E-state index is 11.3. The number of alkyl carbamates (subject to hydrolysis) is 1. The molecule has 0 aliphatic heterocycles. The smallest absolute Gasteiger partial charge is 0.407 e. The standard InChI is InChI=1S/C11H21NO9S/c1-2-3-19-4-5-20-6-7-21-11(15)12-9(10(13)14)8-22(16,17)18/h9H,2-8H2,1H3,(H,12,15)(H,13,14)(H,16,17,18)/t9-/m0/s1. The zero-order valence-electron chi connectivity index (χ0n) is 12.2. The van der Waals surface area contributed by atoms with Crippen LogP contribution in [0.5, 0.6) is 0 Å². The summed E-state index contributed by atoms with van der Waals surface area (Å²) in [6.45, 7) is 3.28. The van der Waals surface area contributed by atoms with Gasteiger partial charge in [-0.1, -0.05) is 6.92 Å². The molecule has 0 heterocycles. The minimum absolute atomic E-state index is 0.0823. The molecule has 0 saturated heterocycles. The number of rotatable bonds is 12. The molecule has 1 amide bonds. The molecule has 130 valence electrons. The van der Waals surface area contributed by atoms with Crippen LogP contribution in [0.25, 0.3) is 0 Å². The Labute approximate surface area is 128 Å². The molecule has 0 spiro atoms. The van der Waals surface area contributed by atoms with Gasteiger partial charge in [0.15, 0.2) is 0 Å². The van der Waals surface area contributed by atoms with E-state index in [9.17, 15) is 18.0 Å². The van der Waals surface area contributed by atoms with E-state index in [1.165, 1.54) is 0 Å². The molecule has 11 heteroatoms. The second-order valence-corrected chi connectivity index (χ2v) is 5.64. The fourth-order valence-corrected chi connectivity index (χ4v) is 1.88. The Kier molecular flexibility index (Phi) is 10.5. The van der Waals surface area contributed by atoms with Gasteiger partial charge in [0.2, 0.25) is 0 Å². The molecule has 10 nitrogen and oxygen atoms in total. The van der Waals surface area contributed by atoms with Gasteiger partial charge in [0.25, 0.3) is 10.1 Å². The number of carbonyl (C=O) groups is 2. The Morgan fingerprint density at radius 2 is 1.64 bits per heavy atom. The zero-order chi connectivity index (χ0) is 17.0. The second kappa shape index (κ2) is 11.2. The Hall–Kier alpha value is -1.43. The molecule has 3 N–H and O–H groups in total. The Morgan fingerprint density at radius 3 is 2.14 bits per heavy atom. The second-order valence-electron chi connectivity index (χ2n) is 4.14. The highest BCUT2D eigenvalue weighted by atomic mass is 32.2. The van der Waals surface area contributed by atoms with Crippen molar-refractivity contribution in [3.8, 4) is 0 Å². The summed E-state index contributed by atoms with van der Waals surface area (Å²) in [5.74, 6) is -2.76. The largest absolute Gasteiger partial charge is 0.480 e. The molecule has 0 radical (unpaired) electrons. The minimum atomic E-state index is -4.54. The number of aliphatic carboxylic acids is 1. The number of hydrogen-bond donors (Lipinski definition) is 3. The van der Waals surface area contributed by atoms with Gasteiger partial charge < -0.3 is 24.6 Å². The molecule has 0 aliphatic carbocycles. The number of ether oxygens (including phenoxy) is 3. The third-order valence-electron chi connectivity index (χ3n) is 2.15. The fourth-order valence-electron chi connectivity index (χ4n) is 1.23. The quantitative estimate of drug-likeness (QED) is 0.315. The lowest BCUT2D eigenvalue weighted by Crippen LogP contribution is -2.45. The Morgan fingerprint density at radius 1 is 1.09 bits per heavy atom. The molecule has 0 rings (SSSR count). The van der Waals surface area contributed by atoms with Crippen molar-refractivity contribution in [2.45, 2.75) is 19.4 Å². The summed E-state index contributed by atoms with van der Waals surface area (Å²) >= 11 is 0. The lowest BCUT2D eigenvalue weighted by molar-refractivity contribution is -0.138. The van der Waals surface area contributed by atoms with E-state index in [4.69, 9.17) is 19.1 Å². The lowest BCUT2D eigenvalue weighted by Gasteiger charge is -2.13. The van der Waals surface area contributed by atoms with Gasteiger partial charge in [-0.05, 0) is 6.42 Å². The summed E-state index contributed by atoms with van der Waals surface area (Å²) in [7, 11) is -4.54. The van der Waals surface area contributed by atoms with Crippen molar-refractivity contribution in [3.63, 3.8) is 0 Å². The van der Waals surface area contributed by atoms with Gasteiger partial charge in [0.1, 0.15) is 18.4 Å². The molecule has 22 heavy (non-hydrogen) atoms. The predicted octanol–water partition coefficient (Wildman–Crippen LogP) is -0.503. The van der Waals surface area contributed by atoms with Crippen molar-refractivity contribution in [2.24, 2.45) is 0 Å². The summed E-state index contributed by atoms with van der Waals surface area (Å²) in [6, 6.07) is -1.80. The zero-order valence-corrected chi connectivity index (χ0v) is 13.0. The maximum Gasteiger partial charge on any atom is 0.407 e. The molecule has 0 aromatic carbocycles. The van der Waals surface area contributed by atoms with Crippen molar-refractivity contribution < 1.29 is 41.9 Å². The first kappa shape index (κ1) is 20.6. The molecule has 0 aromatic heterocycles. The highest BCUT2D eigenvalue weighted by Crippen LogP contribution is 1.93. The number of nitrogens with one attached hydrogen (secondary N) is 1. The topological polar surface area (TPSA) is 148 Å². The third kappa shape index (κ3) is 12.3. The highest BCUT2D eigenvalue weighted by molar-refractivity contribution is 7.85. The van der Waals surface area contributed by atoms with Crippen LogP contribution in [0.1, 0.15) is 13.3 Å². The summed E-state index contributed by atoms with van der Waals surface area (Å²) in [4.78, 5) is 22.0. The first-order chi connectivity index (χ1) is 10.3. The lowest BCUT2D eigenvalue weighted by atomic mass is 10.3. The van der Waals surface area contributed by atoms with E-state index in [1.54, 1.807) is 0 Å². The van der Waals surface area contributed by atoms with E-state index < -0.39 is 34.0 Å². The fraction of sp³-hybridized carbons (Fsp3) is 0.818. The average Bonchev–Trinajstić information content (AvgIpc) is 2.39. The van der Waals surface area contributed by atoms with Crippen LogP contribution in [-0.4, -0.2) is 75.0 Å². The first-order valence-electron chi connectivity index (χ1n) is 6.53. The number of amides is 1. The Balaban J connectivity index is 3.85. The number of carbonyl (C=O) groups excluding carboxylic acids is 1. The van der Waals surface area contributed by atoms with Gasteiger partial charge in [-0.25, -0.2) is 9.59 Å². The molecular weight excluding hydrogens is 322 g/mol. The molecule has 1 atom stereocenters. The molecule has 0 fully saturated rings. The van der Waals surface area contributed by atoms with E-state index in [0.29, 0.717) is 19.8 Å². The van der Waals surface area contributed by atoms with Crippen LogP contribution in [0.15, 0.2) is 0 Å².